The van der Waals surface area contributed by atoms with Gasteiger partial charge in [-0.3, -0.25) is 0 Å². The van der Waals surface area contributed by atoms with Gasteiger partial charge in [-0.15, -0.1) is 0 Å². The fourth-order valence-corrected chi connectivity index (χ4v) is 1.27. The first kappa shape index (κ1) is 11.2. The van der Waals surface area contributed by atoms with E-state index in [-0.39, 0.29) is 0 Å². The Kier molecular flexibility index (Phi) is 4.62. The molecule has 0 aliphatic rings. The summed E-state index contributed by atoms with van der Waals surface area (Å²) in [6.45, 7) is 7.20. The molecule has 4 nitrogen and oxygen atoms in total. The minimum atomic E-state index is 0.463. The zero-order valence-corrected chi connectivity index (χ0v) is 9.16. The molecule has 1 unspecified atom stereocenters. The summed E-state index contributed by atoms with van der Waals surface area (Å²) in [6.07, 6.45) is 3.20. The zero-order valence-electron chi connectivity index (χ0n) is 9.16. The van der Waals surface area contributed by atoms with E-state index >= 15 is 0 Å². The molecule has 0 saturated carbocycles. The van der Waals surface area contributed by atoms with E-state index in [0.717, 1.165) is 25.4 Å². The normalized spacial score (nSPS) is 13.4. The van der Waals surface area contributed by atoms with E-state index in [9.17, 15) is 0 Å². The van der Waals surface area contributed by atoms with Crippen molar-refractivity contribution in [2.24, 2.45) is 0 Å². The van der Waals surface area contributed by atoms with Crippen LogP contribution in [0.3, 0.4) is 0 Å². The molecule has 4 heteroatoms. The molecule has 0 radical (unpaired) electrons. The summed E-state index contributed by atoms with van der Waals surface area (Å²) in [7, 11) is 2.12. The van der Waals surface area contributed by atoms with Crippen molar-refractivity contribution in [3.8, 4) is 0 Å². The van der Waals surface area contributed by atoms with Gasteiger partial charge in [0.05, 0.1) is 12.7 Å². The minimum Gasteiger partial charge on any atom is -0.447 e. The zero-order chi connectivity index (χ0) is 10.4. The Hall–Kier alpha value is -0.870. The Bertz CT molecular complexity index is 236. The quantitative estimate of drug-likeness (QED) is 0.741. The first-order valence-corrected chi connectivity index (χ1v) is 5.01. The molecular weight excluding hydrogens is 178 g/mol. The van der Waals surface area contributed by atoms with E-state index in [2.05, 4.69) is 36.1 Å². The monoisotopic (exact) mass is 197 g/mol. The van der Waals surface area contributed by atoms with Crippen LogP contribution in [-0.4, -0.2) is 36.1 Å². The average molecular weight is 197 g/mol. The lowest BCUT2D eigenvalue weighted by atomic mass is 10.3. The van der Waals surface area contributed by atoms with Gasteiger partial charge in [0.15, 0.2) is 6.39 Å². The smallest absolute Gasteiger partial charge is 0.180 e. The highest BCUT2D eigenvalue weighted by Crippen LogP contribution is 1.96. The van der Waals surface area contributed by atoms with Gasteiger partial charge in [0.1, 0.15) is 5.76 Å². The van der Waals surface area contributed by atoms with Gasteiger partial charge in [0.2, 0.25) is 0 Å². The van der Waals surface area contributed by atoms with Crippen molar-refractivity contribution in [3.63, 3.8) is 0 Å². The summed E-state index contributed by atoms with van der Waals surface area (Å²) in [4.78, 5) is 6.14. The Balaban J connectivity index is 2.18. The first-order chi connectivity index (χ1) is 6.72. The summed E-state index contributed by atoms with van der Waals surface area (Å²) in [6, 6.07) is 0.463. The van der Waals surface area contributed by atoms with Crippen LogP contribution in [-0.2, 0) is 6.54 Å². The number of likely N-dealkylation sites (N-methyl/N-ethyl adjacent to an activating group) is 1. The van der Waals surface area contributed by atoms with Crippen molar-refractivity contribution in [2.45, 2.75) is 26.4 Å². The highest BCUT2D eigenvalue weighted by atomic mass is 16.3. The topological polar surface area (TPSA) is 41.3 Å². The number of hydrogen-bond acceptors (Lipinski definition) is 4. The third-order valence-electron chi connectivity index (χ3n) is 2.23. The molecule has 0 aliphatic carbocycles. The van der Waals surface area contributed by atoms with Gasteiger partial charge >= 0.3 is 0 Å². The second kappa shape index (κ2) is 5.78. The fraction of sp³-hybridized carbons (Fsp3) is 0.700. The minimum absolute atomic E-state index is 0.463. The molecule has 0 aliphatic heterocycles. The lowest BCUT2D eigenvalue weighted by molar-refractivity contribution is 0.305. The van der Waals surface area contributed by atoms with Crippen LogP contribution in [0.5, 0.6) is 0 Å². The number of hydrogen-bond donors (Lipinski definition) is 1. The molecule has 1 heterocycles. The van der Waals surface area contributed by atoms with Crippen molar-refractivity contribution in [2.75, 3.05) is 20.1 Å². The van der Waals surface area contributed by atoms with Crippen LogP contribution in [0, 0.1) is 0 Å². The molecule has 80 valence electrons. The number of rotatable bonds is 6. The lowest BCUT2D eigenvalue weighted by Crippen LogP contribution is -2.36. The van der Waals surface area contributed by atoms with Crippen LogP contribution in [0.15, 0.2) is 17.0 Å². The highest BCUT2D eigenvalue weighted by Gasteiger charge is 2.05. The summed E-state index contributed by atoms with van der Waals surface area (Å²) < 4.78 is 5.13. The number of aromatic nitrogens is 1. The van der Waals surface area contributed by atoms with Crippen molar-refractivity contribution in [3.05, 3.63) is 18.4 Å². The first-order valence-electron chi connectivity index (χ1n) is 5.01. The maximum absolute atomic E-state index is 5.13. The summed E-state index contributed by atoms with van der Waals surface area (Å²) >= 11 is 0. The molecule has 1 aromatic rings. The second-order valence-corrected chi connectivity index (χ2v) is 3.60. The highest BCUT2D eigenvalue weighted by molar-refractivity contribution is 4.87. The van der Waals surface area contributed by atoms with Gasteiger partial charge in [-0.25, -0.2) is 4.98 Å². The molecule has 0 spiro atoms. The number of oxazole rings is 1. The Labute approximate surface area is 85.3 Å². The second-order valence-electron chi connectivity index (χ2n) is 3.60. The Morgan fingerprint density at radius 1 is 1.64 bits per heavy atom. The third-order valence-corrected chi connectivity index (χ3v) is 2.23. The van der Waals surface area contributed by atoms with Crippen molar-refractivity contribution >= 4 is 0 Å². The molecule has 0 aromatic carbocycles. The molecule has 0 bridgehead atoms. The van der Waals surface area contributed by atoms with Crippen molar-refractivity contribution in [1.82, 2.24) is 15.2 Å². The van der Waals surface area contributed by atoms with Gasteiger partial charge in [-0.1, -0.05) is 6.92 Å². The van der Waals surface area contributed by atoms with E-state index in [0.29, 0.717) is 6.04 Å². The van der Waals surface area contributed by atoms with Gasteiger partial charge in [-0.2, -0.15) is 0 Å². The van der Waals surface area contributed by atoms with Crippen LogP contribution in [0.2, 0.25) is 0 Å². The molecule has 1 rings (SSSR count). The van der Waals surface area contributed by atoms with Crippen LogP contribution in [0.25, 0.3) is 0 Å². The predicted molar refractivity (Wildman–Crippen MR) is 56.0 cm³/mol. The Morgan fingerprint density at radius 2 is 2.43 bits per heavy atom. The lowest BCUT2D eigenvalue weighted by Gasteiger charge is -2.20. The van der Waals surface area contributed by atoms with E-state index in [4.69, 9.17) is 4.42 Å². The largest absolute Gasteiger partial charge is 0.447 e. The van der Waals surface area contributed by atoms with Gasteiger partial charge < -0.3 is 14.6 Å². The van der Waals surface area contributed by atoms with E-state index in [1.807, 2.05) is 0 Å². The molecular formula is C10H19N3O. The van der Waals surface area contributed by atoms with E-state index in [1.54, 1.807) is 6.20 Å². The maximum atomic E-state index is 5.13. The third kappa shape index (κ3) is 3.89. The van der Waals surface area contributed by atoms with Gasteiger partial charge in [-0.05, 0) is 20.5 Å². The van der Waals surface area contributed by atoms with Crippen LogP contribution in [0.1, 0.15) is 19.6 Å². The summed E-state index contributed by atoms with van der Waals surface area (Å²) in [5, 5.41) is 3.37. The molecule has 0 saturated heterocycles. The Morgan fingerprint density at radius 3 is 3.00 bits per heavy atom. The van der Waals surface area contributed by atoms with E-state index in [1.165, 1.54) is 6.39 Å². The van der Waals surface area contributed by atoms with Crippen molar-refractivity contribution < 1.29 is 4.42 Å². The summed E-state index contributed by atoms with van der Waals surface area (Å²) in [5.74, 6) is 0.885. The van der Waals surface area contributed by atoms with Crippen LogP contribution in [0.4, 0.5) is 0 Å². The van der Waals surface area contributed by atoms with Crippen LogP contribution >= 0.6 is 0 Å². The number of nitrogens with one attached hydrogen (secondary N) is 1. The molecule has 14 heavy (non-hydrogen) atoms. The fourth-order valence-electron chi connectivity index (χ4n) is 1.27. The predicted octanol–water partition coefficient (Wildman–Crippen LogP) is 1.10. The van der Waals surface area contributed by atoms with E-state index < -0.39 is 0 Å². The standard InChI is InChI=1S/C10H19N3O/c1-4-13(3)7-9(2)12-6-10-5-11-8-14-10/h5,8-9,12H,4,6-7H2,1-3H3. The van der Waals surface area contributed by atoms with Gasteiger partial charge in [0, 0.05) is 12.6 Å². The average Bonchev–Trinajstić information content (AvgIpc) is 2.67. The number of nitrogens with zero attached hydrogens (tertiary/aromatic N) is 2. The van der Waals surface area contributed by atoms with Gasteiger partial charge in [0.25, 0.3) is 0 Å². The molecule has 1 aromatic heterocycles. The molecule has 0 fully saturated rings. The molecule has 1 N–H and O–H groups in total. The summed E-state index contributed by atoms with van der Waals surface area (Å²) in [5.41, 5.74) is 0. The maximum Gasteiger partial charge on any atom is 0.180 e. The van der Waals surface area contributed by atoms with Crippen molar-refractivity contribution in [1.29, 1.82) is 0 Å². The molecule has 1 atom stereocenters. The van der Waals surface area contributed by atoms with Crippen LogP contribution < -0.4 is 5.32 Å². The molecule has 0 amide bonds. The SMILES string of the molecule is CCN(C)CC(C)NCc1cnco1.